The summed E-state index contributed by atoms with van der Waals surface area (Å²) in [6.45, 7) is 0.412. The maximum atomic E-state index is 8.74. The van der Waals surface area contributed by atoms with Gasteiger partial charge in [-0.1, -0.05) is 0 Å². The Morgan fingerprint density at radius 1 is 1.47 bits per heavy atom. The molecule has 0 amide bonds. The molecule has 0 fully saturated rings. The van der Waals surface area contributed by atoms with Crippen LogP contribution in [0.2, 0.25) is 0 Å². The first-order valence-corrected chi connectivity index (χ1v) is 4.96. The fraction of sp³-hybridized carbons (Fsp3) is 0.167. The summed E-state index contributed by atoms with van der Waals surface area (Å²) in [5, 5.41) is 0. The lowest BCUT2D eigenvalue weighted by Gasteiger charge is -1.89. The van der Waals surface area contributed by atoms with Crippen LogP contribution >= 0.6 is 0 Å². The zero-order valence-electron chi connectivity index (χ0n) is 7.57. The van der Waals surface area contributed by atoms with Crippen LogP contribution in [0, 0.1) is 0 Å². The average Bonchev–Trinajstić information content (AvgIpc) is 2.48. The smallest absolute Gasteiger partial charge is 0.394 e. The molecule has 8 nitrogen and oxygen atoms in total. The first-order valence-electron chi connectivity index (χ1n) is 3.56. The van der Waals surface area contributed by atoms with Gasteiger partial charge in [-0.05, 0) is 12.1 Å². The number of rotatable bonds is 2. The van der Waals surface area contributed by atoms with E-state index in [1.54, 1.807) is 12.3 Å². The summed E-state index contributed by atoms with van der Waals surface area (Å²) in [7, 11) is -4.67. The van der Waals surface area contributed by atoms with Crippen LogP contribution in [0.5, 0.6) is 0 Å². The maximum Gasteiger partial charge on any atom is 0.394 e. The molecule has 0 saturated carbocycles. The molecule has 1 heterocycles. The monoisotopic (exact) mass is 237 g/mol. The van der Waals surface area contributed by atoms with Crippen LogP contribution in [0.1, 0.15) is 5.76 Å². The van der Waals surface area contributed by atoms with Crippen molar-refractivity contribution in [2.24, 2.45) is 16.5 Å². The van der Waals surface area contributed by atoms with Gasteiger partial charge in [0.2, 0.25) is 0 Å². The number of aliphatic imine (C=N–C) groups is 1. The van der Waals surface area contributed by atoms with Gasteiger partial charge in [0.15, 0.2) is 5.96 Å². The minimum absolute atomic E-state index is 0.0800. The van der Waals surface area contributed by atoms with E-state index >= 15 is 0 Å². The second-order valence-corrected chi connectivity index (χ2v) is 3.16. The van der Waals surface area contributed by atoms with Crippen LogP contribution in [0.4, 0.5) is 0 Å². The van der Waals surface area contributed by atoms with Crippen LogP contribution in [0.15, 0.2) is 27.8 Å². The molecule has 0 bridgehead atoms. The number of guanidine groups is 1. The summed E-state index contributed by atoms with van der Waals surface area (Å²) < 4.78 is 36.5. The van der Waals surface area contributed by atoms with E-state index in [0.29, 0.717) is 6.54 Å². The van der Waals surface area contributed by atoms with E-state index < -0.39 is 10.4 Å². The molecule has 0 saturated heterocycles. The predicted octanol–water partition coefficient (Wildman–Crippen LogP) is -0.600. The third-order valence-electron chi connectivity index (χ3n) is 0.998. The van der Waals surface area contributed by atoms with Gasteiger partial charge in [0, 0.05) is 0 Å². The number of hydrogen-bond donors (Lipinski definition) is 4. The van der Waals surface area contributed by atoms with E-state index in [4.69, 9.17) is 33.4 Å². The number of nitrogens with zero attached hydrogens (tertiary/aromatic N) is 1. The van der Waals surface area contributed by atoms with Gasteiger partial charge in [0.25, 0.3) is 0 Å². The van der Waals surface area contributed by atoms with Crippen molar-refractivity contribution in [2.45, 2.75) is 6.54 Å². The quantitative estimate of drug-likeness (QED) is 0.304. The van der Waals surface area contributed by atoms with Crippen LogP contribution in [-0.4, -0.2) is 23.5 Å². The molecule has 86 valence electrons. The Kier molecular flexibility index (Phi) is 5.37. The second-order valence-electron chi connectivity index (χ2n) is 2.27. The van der Waals surface area contributed by atoms with E-state index in [0.717, 1.165) is 5.76 Å². The van der Waals surface area contributed by atoms with Gasteiger partial charge in [-0.25, -0.2) is 4.99 Å². The van der Waals surface area contributed by atoms with Gasteiger partial charge in [-0.3, -0.25) is 9.11 Å². The number of furan rings is 1. The van der Waals surface area contributed by atoms with Crippen molar-refractivity contribution in [3.8, 4) is 0 Å². The Labute approximate surface area is 86.2 Å². The van der Waals surface area contributed by atoms with Crippen molar-refractivity contribution in [1.82, 2.24) is 0 Å². The zero-order chi connectivity index (χ0) is 11.9. The van der Waals surface area contributed by atoms with Crippen LogP contribution < -0.4 is 11.5 Å². The average molecular weight is 237 g/mol. The minimum atomic E-state index is -4.67. The fourth-order valence-corrected chi connectivity index (χ4v) is 0.572. The lowest BCUT2D eigenvalue weighted by Crippen LogP contribution is -2.22. The molecule has 0 spiro atoms. The van der Waals surface area contributed by atoms with Gasteiger partial charge in [0.05, 0.1) is 6.26 Å². The topological polar surface area (TPSA) is 152 Å². The molecule has 0 aromatic carbocycles. The van der Waals surface area contributed by atoms with Gasteiger partial charge in [0.1, 0.15) is 12.3 Å². The summed E-state index contributed by atoms with van der Waals surface area (Å²) in [5.74, 6) is 0.838. The lowest BCUT2D eigenvalue weighted by atomic mass is 10.5. The fourth-order valence-electron chi connectivity index (χ4n) is 0.572. The molecular formula is C6H11N3O5S. The van der Waals surface area contributed by atoms with Gasteiger partial charge in [-0.15, -0.1) is 0 Å². The van der Waals surface area contributed by atoms with Crippen molar-refractivity contribution in [2.75, 3.05) is 0 Å². The van der Waals surface area contributed by atoms with Crippen molar-refractivity contribution < 1.29 is 21.9 Å². The SMILES string of the molecule is NC(N)=NCc1ccco1.O=S(=O)(O)O. The van der Waals surface area contributed by atoms with E-state index in [9.17, 15) is 0 Å². The van der Waals surface area contributed by atoms with Gasteiger partial charge >= 0.3 is 10.4 Å². The number of hydrogen-bond acceptors (Lipinski definition) is 4. The largest absolute Gasteiger partial charge is 0.467 e. The normalized spacial score (nSPS) is 10.0. The Hall–Kier alpha value is -1.58. The number of nitrogens with two attached hydrogens (primary N) is 2. The Bertz CT molecular complexity index is 384. The van der Waals surface area contributed by atoms with Crippen LogP contribution in [0.3, 0.4) is 0 Å². The highest BCUT2D eigenvalue weighted by atomic mass is 32.3. The molecule has 0 aliphatic carbocycles. The third kappa shape index (κ3) is 12.4. The summed E-state index contributed by atoms with van der Waals surface area (Å²) in [6, 6.07) is 3.60. The third-order valence-corrected chi connectivity index (χ3v) is 0.998. The minimum Gasteiger partial charge on any atom is -0.467 e. The molecule has 0 aliphatic heterocycles. The molecule has 0 atom stereocenters. The van der Waals surface area contributed by atoms with Crippen LogP contribution in [-0.2, 0) is 16.9 Å². The highest BCUT2D eigenvalue weighted by Gasteiger charge is 1.90. The van der Waals surface area contributed by atoms with Gasteiger partial charge < -0.3 is 15.9 Å². The van der Waals surface area contributed by atoms with E-state index in [1.165, 1.54) is 0 Å². The van der Waals surface area contributed by atoms with E-state index in [1.807, 2.05) is 6.07 Å². The Morgan fingerprint density at radius 3 is 2.33 bits per heavy atom. The highest BCUT2D eigenvalue weighted by molar-refractivity contribution is 7.79. The lowest BCUT2D eigenvalue weighted by molar-refractivity contribution is 0.381. The van der Waals surface area contributed by atoms with E-state index in [-0.39, 0.29) is 5.96 Å². The molecule has 6 N–H and O–H groups in total. The van der Waals surface area contributed by atoms with Crippen molar-refractivity contribution >= 4 is 16.4 Å². The molecule has 1 aromatic rings. The van der Waals surface area contributed by atoms with Gasteiger partial charge in [-0.2, -0.15) is 8.42 Å². The summed E-state index contributed by atoms with van der Waals surface area (Å²) in [4.78, 5) is 3.75. The highest BCUT2D eigenvalue weighted by Crippen LogP contribution is 2.00. The molecular weight excluding hydrogens is 226 g/mol. The first-order chi connectivity index (χ1) is 6.79. The Balaban J connectivity index is 0.000000336. The zero-order valence-corrected chi connectivity index (χ0v) is 8.38. The standard InChI is InChI=1S/C6H9N3O.H2O4S/c7-6(8)9-4-5-2-1-3-10-5;1-5(2,3)4/h1-3H,4H2,(H4,7,8,9);(H2,1,2,3,4). The predicted molar refractivity (Wildman–Crippen MR) is 52.4 cm³/mol. The van der Waals surface area contributed by atoms with E-state index in [2.05, 4.69) is 4.99 Å². The van der Waals surface area contributed by atoms with Crippen LogP contribution in [0.25, 0.3) is 0 Å². The molecule has 0 aliphatic rings. The summed E-state index contributed by atoms with van der Waals surface area (Å²) in [6.07, 6.45) is 1.58. The second kappa shape index (κ2) is 6.01. The maximum absolute atomic E-state index is 8.74. The molecule has 15 heavy (non-hydrogen) atoms. The van der Waals surface area contributed by atoms with Crippen molar-refractivity contribution in [1.29, 1.82) is 0 Å². The summed E-state index contributed by atoms with van der Waals surface area (Å²) in [5.41, 5.74) is 10.2. The molecule has 1 rings (SSSR count). The van der Waals surface area contributed by atoms with Crippen molar-refractivity contribution in [3.63, 3.8) is 0 Å². The van der Waals surface area contributed by atoms with Crippen molar-refractivity contribution in [3.05, 3.63) is 24.2 Å². The Morgan fingerprint density at radius 2 is 2.00 bits per heavy atom. The molecule has 9 heteroatoms. The molecule has 0 radical (unpaired) electrons. The first kappa shape index (κ1) is 13.4. The molecule has 0 unspecified atom stereocenters. The summed E-state index contributed by atoms with van der Waals surface area (Å²) >= 11 is 0. The molecule has 1 aromatic heterocycles.